The van der Waals surface area contributed by atoms with Crippen molar-refractivity contribution < 1.29 is 49.0 Å². The van der Waals surface area contributed by atoms with Gasteiger partial charge >= 0.3 is 24.6 Å². The maximum atomic E-state index is 13.1. The lowest BCUT2D eigenvalue weighted by Gasteiger charge is -2.33. The summed E-state index contributed by atoms with van der Waals surface area (Å²) in [6, 6.07) is 3.10. The normalized spacial score (nSPS) is 18.3. The molecule has 0 spiro atoms. The summed E-state index contributed by atoms with van der Waals surface area (Å²) in [5, 5.41) is 5.53. The van der Waals surface area contributed by atoms with Crippen LogP contribution in [0.5, 0.6) is 0 Å². The van der Waals surface area contributed by atoms with Crippen LogP contribution in [0.2, 0.25) is 0 Å². The number of benzene rings is 2. The summed E-state index contributed by atoms with van der Waals surface area (Å²) in [6.45, 7) is 1.29. The second-order valence-electron chi connectivity index (χ2n) is 8.28. The van der Waals surface area contributed by atoms with Gasteiger partial charge in [0.2, 0.25) is 0 Å². The molecule has 198 valence electrons. The first-order chi connectivity index (χ1) is 16.6. The minimum atomic E-state index is -5.01. The Balaban J connectivity index is 1.71. The zero-order chi connectivity index (χ0) is 26.9. The molecule has 0 radical (unpaired) electrons. The molecule has 2 N–H and O–H groups in total. The van der Waals surface area contributed by atoms with Crippen molar-refractivity contribution >= 4 is 11.8 Å². The van der Waals surface area contributed by atoms with Crippen LogP contribution in [-0.4, -0.2) is 18.7 Å². The van der Waals surface area contributed by atoms with Gasteiger partial charge in [0.05, 0.1) is 29.3 Å². The van der Waals surface area contributed by atoms with E-state index in [1.165, 1.54) is 6.07 Å². The Bertz CT molecular complexity index is 1060. The van der Waals surface area contributed by atoms with Gasteiger partial charge in [0.25, 0.3) is 0 Å². The zero-order valence-electron chi connectivity index (χ0n) is 18.7. The van der Waals surface area contributed by atoms with Crippen molar-refractivity contribution in [2.45, 2.75) is 56.8 Å². The Kier molecular flexibility index (Phi) is 7.70. The van der Waals surface area contributed by atoms with Crippen LogP contribution in [0.4, 0.5) is 50.0 Å². The van der Waals surface area contributed by atoms with Crippen LogP contribution >= 0.6 is 0 Å². The standard InChI is InChI=1S/C23H21F9N2O2/c1-2-16-11-19(17-10-13(21(24,25)26)3-4-18(17)33-16)34-20(35)36-6-5-12-7-14(22(27,28)29)9-15(8-12)23(30,31)32/h3-4,7-10,16,19,33H,2,5-6,11H2,1H3,(H,34,35)/t16-,19+/m1/s1. The molecule has 1 amide bonds. The third kappa shape index (κ3) is 6.76. The van der Waals surface area contributed by atoms with Gasteiger partial charge in [0, 0.05) is 18.2 Å². The van der Waals surface area contributed by atoms with E-state index in [9.17, 15) is 44.3 Å². The van der Waals surface area contributed by atoms with E-state index in [0.717, 1.165) is 12.1 Å². The highest BCUT2D eigenvalue weighted by Crippen LogP contribution is 2.39. The zero-order valence-corrected chi connectivity index (χ0v) is 18.7. The number of carbonyl (C=O) groups is 1. The maximum Gasteiger partial charge on any atom is 0.416 e. The van der Waals surface area contributed by atoms with Crippen molar-refractivity contribution in [3.05, 3.63) is 64.2 Å². The average molecular weight is 528 g/mol. The summed E-state index contributed by atoms with van der Waals surface area (Å²) in [7, 11) is 0. The Morgan fingerprint density at radius 2 is 1.50 bits per heavy atom. The molecule has 1 heterocycles. The molecule has 4 nitrogen and oxygen atoms in total. The molecule has 0 saturated carbocycles. The Hall–Kier alpha value is -3.12. The van der Waals surface area contributed by atoms with Gasteiger partial charge in [-0.1, -0.05) is 6.92 Å². The molecule has 0 aromatic heterocycles. The fraction of sp³-hybridized carbons (Fsp3) is 0.435. The largest absolute Gasteiger partial charge is 0.449 e. The highest BCUT2D eigenvalue weighted by Gasteiger charge is 2.37. The van der Waals surface area contributed by atoms with E-state index in [0.29, 0.717) is 24.2 Å². The Morgan fingerprint density at radius 3 is 2.03 bits per heavy atom. The highest BCUT2D eigenvalue weighted by molar-refractivity contribution is 5.69. The van der Waals surface area contributed by atoms with Crippen LogP contribution in [0.15, 0.2) is 36.4 Å². The minimum Gasteiger partial charge on any atom is -0.449 e. The Morgan fingerprint density at radius 1 is 0.917 bits per heavy atom. The van der Waals surface area contributed by atoms with Crippen LogP contribution in [0, 0.1) is 0 Å². The van der Waals surface area contributed by atoms with Crippen molar-refractivity contribution in [1.82, 2.24) is 5.32 Å². The summed E-state index contributed by atoms with van der Waals surface area (Å²) in [4.78, 5) is 12.3. The molecule has 0 fully saturated rings. The highest BCUT2D eigenvalue weighted by atomic mass is 19.4. The van der Waals surface area contributed by atoms with Crippen LogP contribution in [0.1, 0.15) is 53.6 Å². The topological polar surface area (TPSA) is 50.4 Å². The Labute approximate surface area is 199 Å². The molecular formula is C23H21F9N2O2. The molecule has 0 saturated heterocycles. The smallest absolute Gasteiger partial charge is 0.416 e. The predicted octanol–water partition coefficient (Wildman–Crippen LogP) is 7.35. The number of fused-ring (bicyclic) bond motifs is 1. The molecule has 1 aliphatic heterocycles. The third-order valence-electron chi connectivity index (χ3n) is 5.69. The SMILES string of the molecule is CC[C@@H]1C[C@H](NC(=O)OCCc2cc(C(F)(F)F)cc(C(F)(F)F)c2)c2cc(C(F)(F)F)ccc2N1. The fourth-order valence-electron chi connectivity index (χ4n) is 3.86. The lowest BCUT2D eigenvalue weighted by molar-refractivity contribution is -0.143. The van der Waals surface area contributed by atoms with Gasteiger partial charge in [-0.25, -0.2) is 4.79 Å². The van der Waals surface area contributed by atoms with Gasteiger partial charge < -0.3 is 15.4 Å². The number of hydrogen-bond donors (Lipinski definition) is 2. The summed E-state index contributed by atoms with van der Waals surface area (Å²) < 4.78 is 122. The molecule has 3 rings (SSSR count). The molecule has 2 aromatic carbocycles. The van der Waals surface area contributed by atoms with Crippen molar-refractivity contribution in [2.75, 3.05) is 11.9 Å². The second kappa shape index (κ2) is 10.1. The first-order valence-corrected chi connectivity index (χ1v) is 10.8. The van der Waals surface area contributed by atoms with E-state index >= 15 is 0 Å². The van der Waals surface area contributed by atoms with Gasteiger partial charge in [0.15, 0.2) is 0 Å². The van der Waals surface area contributed by atoms with E-state index in [1.807, 2.05) is 6.92 Å². The van der Waals surface area contributed by atoms with Crippen LogP contribution in [0.25, 0.3) is 0 Å². The molecule has 0 bridgehead atoms. The molecule has 2 atom stereocenters. The summed E-state index contributed by atoms with van der Waals surface area (Å²) in [5.74, 6) is 0. The molecule has 13 heteroatoms. The molecule has 1 aliphatic rings. The number of ether oxygens (including phenoxy) is 1. The minimum absolute atomic E-state index is 0.00895. The number of hydrogen-bond acceptors (Lipinski definition) is 3. The van der Waals surface area contributed by atoms with Gasteiger partial charge in [-0.05, 0) is 60.4 Å². The number of halogens is 9. The number of nitrogens with one attached hydrogen (secondary N) is 2. The van der Waals surface area contributed by atoms with E-state index < -0.39 is 60.4 Å². The van der Waals surface area contributed by atoms with Crippen molar-refractivity contribution in [1.29, 1.82) is 0 Å². The van der Waals surface area contributed by atoms with Crippen LogP contribution in [0.3, 0.4) is 0 Å². The fourth-order valence-corrected chi connectivity index (χ4v) is 3.86. The van der Waals surface area contributed by atoms with Crippen molar-refractivity contribution in [3.63, 3.8) is 0 Å². The summed E-state index contributed by atoms with van der Waals surface area (Å²) >= 11 is 0. The number of amides is 1. The van der Waals surface area contributed by atoms with Gasteiger partial charge in [-0.2, -0.15) is 39.5 Å². The van der Waals surface area contributed by atoms with E-state index in [2.05, 4.69) is 10.6 Å². The number of alkyl carbamates (subject to hydrolysis) is 1. The summed E-state index contributed by atoms with van der Waals surface area (Å²) in [6.07, 6.45) is -15.3. The second-order valence-corrected chi connectivity index (χ2v) is 8.28. The van der Waals surface area contributed by atoms with Crippen molar-refractivity contribution in [3.8, 4) is 0 Å². The van der Waals surface area contributed by atoms with Gasteiger partial charge in [-0.3, -0.25) is 0 Å². The van der Waals surface area contributed by atoms with Gasteiger partial charge in [0.1, 0.15) is 0 Å². The predicted molar refractivity (Wildman–Crippen MR) is 111 cm³/mol. The quantitative estimate of drug-likeness (QED) is 0.399. The van der Waals surface area contributed by atoms with E-state index in [1.54, 1.807) is 0 Å². The van der Waals surface area contributed by atoms with Gasteiger partial charge in [-0.15, -0.1) is 0 Å². The monoisotopic (exact) mass is 528 g/mol. The number of carbonyl (C=O) groups excluding carboxylic acids is 1. The van der Waals surface area contributed by atoms with E-state index in [-0.39, 0.29) is 29.7 Å². The van der Waals surface area contributed by atoms with E-state index in [4.69, 9.17) is 4.74 Å². The molecule has 2 aromatic rings. The maximum absolute atomic E-state index is 13.1. The summed E-state index contributed by atoms with van der Waals surface area (Å²) in [5.41, 5.74) is -3.67. The first kappa shape index (κ1) is 27.5. The number of alkyl halides is 9. The molecular weight excluding hydrogens is 507 g/mol. The number of rotatable bonds is 5. The molecule has 0 aliphatic carbocycles. The first-order valence-electron chi connectivity index (χ1n) is 10.8. The third-order valence-corrected chi connectivity index (χ3v) is 5.69. The molecule has 0 unspecified atom stereocenters. The lowest BCUT2D eigenvalue weighted by atomic mass is 9.90. The average Bonchev–Trinajstić information content (AvgIpc) is 2.76. The van der Waals surface area contributed by atoms with Crippen molar-refractivity contribution in [2.24, 2.45) is 0 Å². The lowest BCUT2D eigenvalue weighted by Crippen LogP contribution is -2.37. The van der Waals surface area contributed by atoms with Crippen LogP contribution in [-0.2, 0) is 29.7 Å². The molecule has 36 heavy (non-hydrogen) atoms. The van der Waals surface area contributed by atoms with Crippen LogP contribution < -0.4 is 10.6 Å². The number of anilines is 1.